The van der Waals surface area contributed by atoms with E-state index in [2.05, 4.69) is 15.4 Å². The second-order valence-electron chi connectivity index (χ2n) is 5.44. The van der Waals surface area contributed by atoms with Gasteiger partial charge >= 0.3 is 5.69 Å². The lowest BCUT2D eigenvalue weighted by molar-refractivity contribution is -0.121. The number of nitrogen functional groups attached to an aromatic ring is 1. The summed E-state index contributed by atoms with van der Waals surface area (Å²) in [6, 6.07) is 9.10. The molecule has 3 N–H and O–H groups in total. The van der Waals surface area contributed by atoms with Crippen LogP contribution in [0.4, 0.5) is 5.13 Å². The average molecular weight is 358 g/mol. The third-order valence-electron chi connectivity index (χ3n) is 3.62. The molecule has 1 aromatic carbocycles. The number of hydrogen-bond acceptors (Lipinski definition) is 6. The first kappa shape index (κ1) is 16.9. The van der Waals surface area contributed by atoms with Crippen molar-refractivity contribution in [2.24, 2.45) is 0 Å². The molecule has 0 aliphatic heterocycles. The molecule has 0 aliphatic carbocycles. The van der Waals surface area contributed by atoms with Crippen LogP contribution in [0.25, 0.3) is 5.69 Å². The molecular formula is C16H18N6O2S. The zero-order valence-corrected chi connectivity index (χ0v) is 14.5. The Kier molecular flexibility index (Phi) is 4.94. The minimum atomic E-state index is -0.342. The number of carbonyl (C=O) groups excluding carboxylic acids is 1. The second kappa shape index (κ2) is 7.31. The molecule has 3 aromatic rings. The van der Waals surface area contributed by atoms with E-state index < -0.39 is 0 Å². The van der Waals surface area contributed by atoms with E-state index in [1.807, 2.05) is 23.6 Å². The van der Waals surface area contributed by atoms with Gasteiger partial charge in [0.25, 0.3) is 0 Å². The lowest BCUT2D eigenvalue weighted by Crippen LogP contribution is -2.34. The van der Waals surface area contributed by atoms with Crippen LogP contribution in [0.3, 0.4) is 0 Å². The van der Waals surface area contributed by atoms with Crippen molar-refractivity contribution in [3.8, 4) is 5.69 Å². The van der Waals surface area contributed by atoms with E-state index in [0.29, 0.717) is 29.6 Å². The van der Waals surface area contributed by atoms with Crippen LogP contribution in [-0.2, 0) is 17.8 Å². The van der Waals surface area contributed by atoms with Gasteiger partial charge in [-0.1, -0.05) is 18.2 Å². The van der Waals surface area contributed by atoms with Crippen LogP contribution in [0.1, 0.15) is 11.5 Å². The number of nitrogens with zero attached hydrogens (tertiary/aromatic N) is 4. The fourth-order valence-corrected chi connectivity index (χ4v) is 2.98. The molecule has 0 spiro atoms. The van der Waals surface area contributed by atoms with Crippen LogP contribution >= 0.6 is 11.3 Å². The Bertz CT molecular complexity index is 928. The molecule has 2 heterocycles. The van der Waals surface area contributed by atoms with Gasteiger partial charge in [0.15, 0.2) is 5.13 Å². The van der Waals surface area contributed by atoms with Gasteiger partial charge in [0, 0.05) is 18.3 Å². The van der Waals surface area contributed by atoms with Crippen LogP contribution < -0.4 is 16.7 Å². The van der Waals surface area contributed by atoms with Gasteiger partial charge in [-0.15, -0.1) is 11.3 Å². The SMILES string of the molecule is Cc1nn(-c2ccccc2)c(=O)n1CC(=O)NCCc1csc(N)n1. The third kappa shape index (κ3) is 3.94. The van der Waals surface area contributed by atoms with Gasteiger partial charge < -0.3 is 11.1 Å². The van der Waals surface area contributed by atoms with E-state index in [-0.39, 0.29) is 18.1 Å². The van der Waals surface area contributed by atoms with Crippen molar-refractivity contribution in [1.29, 1.82) is 0 Å². The number of nitrogens with two attached hydrogens (primary N) is 1. The van der Waals surface area contributed by atoms with E-state index in [9.17, 15) is 9.59 Å². The first-order chi connectivity index (χ1) is 12.0. The van der Waals surface area contributed by atoms with Gasteiger partial charge in [-0.05, 0) is 19.1 Å². The number of anilines is 1. The summed E-state index contributed by atoms with van der Waals surface area (Å²) < 4.78 is 2.64. The largest absolute Gasteiger partial charge is 0.375 e. The summed E-state index contributed by atoms with van der Waals surface area (Å²) in [4.78, 5) is 28.7. The lowest BCUT2D eigenvalue weighted by atomic mass is 10.3. The van der Waals surface area contributed by atoms with Crippen LogP contribution in [0, 0.1) is 6.92 Å². The fourth-order valence-electron chi connectivity index (χ4n) is 2.38. The molecule has 0 radical (unpaired) electrons. The van der Waals surface area contributed by atoms with E-state index in [0.717, 1.165) is 5.69 Å². The first-order valence-corrected chi connectivity index (χ1v) is 8.61. The Morgan fingerprint density at radius 1 is 1.32 bits per heavy atom. The van der Waals surface area contributed by atoms with E-state index in [1.54, 1.807) is 19.1 Å². The Labute approximate surface area is 147 Å². The van der Waals surface area contributed by atoms with Crippen LogP contribution in [0.5, 0.6) is 0 Å². The summed E-state index contributed by atoms with van der Waals surface area (Å²) in [5.74, 6) is 0.234. The Morgan fingerprint density at radius 3 is 2.76 bits per heavy atom. The number of amides is 1. The minimum absolute atomic E-state index is 0.0727. The van der Waals surface area contributed by atoms with Crippen LogP contribution in [-0.4, -0.2) is 31.8 Å². The summed E-state index contributed by atoms with van der Waals surface area (Å²) in [6.45, 7) is 2.06. The predicted molar refractivity (Wildman–Crippen MR) is 95.8 cm³/mol. The highest BCUT2D eigenvalue weighted by molar-refractivity contribution is 7.13. The average Bonchev–Trinajstić information content (AvgIpc) is 3.13. The highest BCUT2D eigenvalue weighted by Crippen LogP contribution is 2.10. The molecule has 2 aromatic heterocycles. The van der Waals surface area contributed by atoms with Crippen molar-refractivity contribution in [1.82, 2.24) is 24.6 Å². The first-order valence-electron chi connectivity index (χ1n) is 7.73. The van der Waals surface area contributed by atoms with Gasteiger partial charge in [-0.3, -0.25) is 9.36 Å². The highest BCUT2D eigenvalue weighted by atomic mass is 32.1. The lowest BCUT2D eigenvalue weighted by Gasteiger charge is -2.05. The maximum Gasteiger partial charge on any atom is 0.351 e. The summed E-state index contributed by atoms with van der Waals surface area (Å²) in [5.41, 5.74) is 6.73. The maximum absolute atomic E-state index is 12.5. The Morgan fingerprint density at radius 2 is 2.08 bits per heavy atom. The zero-order chi connectivity index (χ0) is 17.8. The summed E-state index contributed by atoms with van der Waals surface area (Å²) >= 11 is 1.37. The summed E-state index contributed by atoms with van der Waals surface area (Å²) in [6.07, 6.45) is 0.594. The molecule has 0 bridgehead atoms. The van der Waals surface area contributed by atoms with Gasteiger partial charge in [-0.2, -0.15) is 9.78 Å². The molecule has 0 unspecified atom stereocenters. The number of nitrogens with one attached hydrogen (secondary N) is 1. The van der Waals surface area contributed by atoms with Crippen LogP contribution in [0.2, 0.25) is 0 Å². The molecule has 25 heavy (non-hydrogen) atoms. The van der Waals surface area contributed by atoms with Crippen molar-refractivity contribution in [2.75, 3.05) is 12.3 Å². The second-order valence-corrected chi connectivity index (χ2v) is 6.33. The van der Waals surface area contributed by atoms with Crippen LogP contribution in [0.15, 0.2) is 40.5 Å². The van der Waals surface area contributed by atoms with E-state index >= 15 is 0 Å². The summed E-state index contributed by atoms with van der Waals surface area (Å²) in [5, 5.41) is 9.38. The number of carbonyl (C=O) groups is 1. The van der Waals surface area contributed by atoms with E-state index in [1.165, 1.54) is 20.6 Å². The van der Waals surface area contributed by atoms with Gasteiger partial charge in [-0.25, -0.2) is 9.78 Å². The number of aryl methyl sites for hydroxylation is 1. The molecule has 9 heteroatoms. The number of para-hydroxylation sites is 1. The van der Waals surface area contributed by atoms with Gasteiger partial charge in [0.2, 0.25) is 5.91 Å². The number of aromatic nitrogens is 4. The maximum atomic E-state index is 12.5. The standard InChI is InChI=1S/C16H18N6O2S/c1-11-20-22(13-5-3-2-4-6-13)16(24)21(11)9-14(23)18-8-7-12-10-25-15(17)19-12/h2-6,10H,7-9H2,1H3,(H2,17,19)(H,18,23). The molecule has 1 amide bonds. The molecule has 0 saturated heterocycles. The predicted octanol–water partition coefficient (Wildman–Crippen LogP) is 0.740. The Hall–Kier alpha value is -2.94. The van der Waals surface area contributed by atoms with Crippen molar-refractivity contribution in [2.45, 2.75) is 19.9 Å². The van der Waals surface area contributed by atoms with Crippen molar-refractivity contribution in [3.63, 3.8) is 0 Å². The molecular weight excluding hydrogens is 340 g/mol. The molecule has 0 aliphatic rings. The quantitative estimate of drug-likeness (QED) is 0.676. The number of hydrogen-bond donors (Lipinski definition) is 2. The molecule has 8 nitrogen and oxygen atoms in total. The van der Waals surface area contributed by atoms with Gasteiger partial charge in [0.1, 0.15) is 12.4 Å². The monoisotopic (exact) mass is 358 g/mol. The minimum Gasteiger partial charge on any atom is -0.375 e. The zero-order valence-electron chi connectivity index (χ0n) is 13.7. The van der Waals surface area contributed by atoms with Gasteiger partial charge in [0.05, 0.1) is 11.4 Å². The molecule has 0 saturated carbocycles. The summed E-state index contributed by atoms with van der Waals surface area (Å²) in [7, 11) is 0. The van der Waals surface area contributed by atoms with Crippen molar-refractivity contribution < 1.29 is 4.79 Å². The Balaban J connectivity index is 1.63. The third-order valence-corrected chi connectivity index (χ3v) is 4.35. The number of rotatable bonds is 6. The normalized spacial score (nSPS) is 10.8. The molecule has 130 valence electrons. The molecule has 0 fully saturated rings. The molecule has 0 atom stereocenters. The molecule has 3 rings (SSSR count). The topological polar surface area (TPSA) is 108 Å². The highest BCUT2D eigenvalue weighted by Gasteiger charge is 2.14. The number of thiazole rings is 1. The number of benzene rings is 1. The van der Waals surface area contributed by atoms with E-state index in [4.69, 9.17) is 5.73 Å². The smallest absolute Gasteiger partial charge is 0.351 e. The van der Waals surface area contributed by atoms with Crippen molar-refractivity contribution >= 4 is 22.4 Å². The fraction of sp³-hybridized carbons (Fsp3) is 0.250. The van der Waals surface area contributed by atoms with Crippen molar-refractivity contribution in [3.05, 3.63) is 57.7 Å².